The van der Waals surface area contributed by atoms with Crippen LogP contribution in [0.1, 0.15) is 29.1 Å². The van der Waals surface area contributed by atoms with Gasteiger partial charge in [-0.3, -0.25) is 4.98 Å². The van der Waals surface area contributed by atoms with Crippen LogP contribution in [0.3, 0.4) is 0 Å². The van der Waals surface area contributed by atoms with Crippen LogP contribution in [0.2, 0.25) is 0 Å². The molecule has 1 fully saturated rings. The van der Waals surface area contributed by atoms with Gasteiger partial charge in [-0.1, -0.05) is 35.5 Å². The molecule has 1 N–H and O–H groups in total. The minimum atomic E-state index is -0.286. The van der Waals surface area contributed by atoms with E-state index in [2.05, 4.69) is 41.5 Å². The Labute approximate surface area is 214 Å². The molecule has 3 heterocycles. The lowest BCUT2D eigenvalue weighted by Gasteiger charge is -2.27. The number of nitrogens with zero attached hydrogens (tertiary/aromatic N) is 2. The minimum absolute atomic E-state index is 0.219. The maximum atomic E-state index is 6.41. The number of aryl methyl sites for hydroxylation is 1. The fourth-order valence-electron chi connectivity index (χ4n) is 4.16. The second kappa shape index (κ2) is 10.0. The number of furan rings is 1. The lowest BCUT2D eigenvalue weighted by Crippen LogP contribution is -2.29. The number of benzene rings is 2. The first-order valence-corrected chi connectivity index (χ1v) is 12.4. The monoisotopic (exact) mass is 503 g/mol. The van der Waals surface area contributed by atoms with E-state index in [4.69, 9.17) is 26.1 Å². The van der Waals surface area contributed by atoms with Crippen LogP contribution in [0, 0.1) is 6.92 Å². The summed E-state index contributed by atoms with van der Waals surface area (Å²) >= 11 is 7.42. The molecule has 8 heteroatoms. The number of aromatic nitrogens is 1. The molecular formula is C27H25N3O3S2. The van der Waals surface area contributed by atoms with E-state index in [0.717, 1.165) is 27.1 Å². The fraction of sp³-hybridized carbons (Fsp3) is 0.185. The number of hydrogen-bond donors (Lipinski definition) is 1. The van der Waals surface area contributed by atoms with Gasteiger partial charge in [0.15, 0.2) is 10.2 Å². The van der Waals surface area contributed by atoms with Gasteiger partial charge < -0.3 is 24.1 Å². The standard InChI is InChI=1S/C27H25N3O3S2/c1-17-7-10-19(11-8-17)35-24-14-13-23(33-24)26-25(20-6-4-5-15-28-20)29-27(34)30(26)21-16-18(31-2)9-12-22(21)32-3/h4-16,25-26H,1-3H3,(H,29,34)/t25-,26-/m0/s1. The molecule has 0 spiro atoms. The van der Waals surface area contributed by atoms with Gasteiger partial charge >= 0.3 is 0 Å². The SMILES string of the molecule is COc1ccc(OC)c(N2C(=S)N[C@@H](c3ccccn3)[C@@H]2c2ccc(Sc3ccc(C)cc3)o2)c1. The summed E-state index contributed by atoms with van der Waals surface area (Å²) in [6.07, 6.45) is 1.78. The summed E-state index contributed by atoms with van der Waals surface area (Å²) in [5.74, 6) is 2.16. The largest absolute Gasteiger partial charge is 0.497 e. The van der Waals surface area contributed by atoms with Crippen LogP contribution in [0.4, 0.5) is 5.69 Å². The molecule has 0 bridgehead atoms. The van der Waals surface area contributed by atoms with E-state index >= 15 is 0 Å². The number of rotatable bonds is 7. The normalized spacial score (nSPS) is 17.3. The van der Waals surface area contributed by atoms with Crippen LogP contribution in [0.15, 0.2) is 93.4 Å². The Morgan fingerprint density at radius 3 is 2.54 bits per heavy atom. The van der Waals surface area contributed by atoms with E-state index in [0.29, 0.717) is 16.6 Å². The van der Waals surface area contributed by atoms with Crippen LogP contribution in [-0.2, 0) is 0 Å². The number of methoxy groups -OCH3 is 2. The number of nitrogens with one attached hydrogen (secondary N) is 1. The molecule has 0 saturated carbocycles. The first-order chi connectivity index (χ1) is 17.1. The van der Waals surface area contributed by atoms with Crippen LogP contribution in [-0.4, -0.2) is 24.3 Å². The summed E-state index contributed by atoms with van der Waals surface area (Å²) in [7, 11) is 3.29. The Hall–Kier alpha value is -3.49. The van der Waals surface area contributed by atoms with E-state index in [1.54, 1.807) is 32.2 Å². The maximum Gasteiger partial charge on any atom is 0.174 e. The van der Waals surface area contributed by atoms with Crippen LogP contribution in [0.5, 0.6) is 11.5 Å². The zero-order valence-corrected chi connectivity index (χ0v) is 21.2. The zero-order chi connectivity index (χ0) is 24.4. The third kappa shape index (κ3) is 4.72. The molecule has 4 aromatic rings. The Bertz CT molecular complexity index is 1330. The molecule has 1 aliphatic heterocycles. The fourth-order valence-corrected chi connectivity index (χ4v) is 5.28. The van der Waals surface area contributed by atoms with Crippen LogP contribution in [0.25, 0.3) is 0 Å². The molecule has 2 aromatic heterocycles. The van der Waals surface area contributed by atoms with Gasteiger partial charge in [-0.05, 0) is 67.7 Å². The summed E-state index contributed by atoms with van der Waals surface area (Å²) < 4.78 is 17.6. The van der Waals surface area contributed by atoms with E-state index in [-0.39, 0.29) is 12.1 Å². The topological polar surface area (TPSA) is 59.8 Å². The molecule has 178 valence electrons. The first kappa shape index (κ1) is 23.3. The van der Waals surface area contributed by atoms with Crippen molar-refractivity contribution in [2.75, 3.05) is 19.1 Å². The highest BCUT2D eigenvalue weighted by Crippen LogP contribution is 2.46. The second-order valence-electron chi connectivity index (χ2n) is 8.11. The van der Waals surface area contributed by atoms with Crippen molar-refractivity contribution in [3.63, 3.8) is 0 Å². The predicted octanol–water partition coefficient (Wildman–Crippen LogP) is 6.33. The molecule has 35 heavy (non-hydrogen) atoms. The number of anilines is 1. The molecular weight excluding hydrogens is 478 g/mol. The van der Waals surface area contributed by atoms with Crippen molar-refractivity contribution in [3.8, 4) is 11.5 Å². The molecule has 0 radical (unpaired) electrons. The highest BCUT2D eigenvalue weighted by molar-refractivity contribution is 7.99. The number of pyridine rings is 1. The summed E-state index contributed by atoms with van der Waals surface area (Å²) in [5.41, 5.74) is 2.88. The number of hydrogen-bond acceptors (Lipinski definition) is 6. The summed E-state index contributed by atoms with van der Waals surface area (Å²) in [5, 5.41) is 4.81. The van der Waals surface area contributed by atoms with E-state index in [1.165, 1.54) is 5.56 Å². The summed E-state index contributed by atoms with van der Waals surface area (Å²) in [6, 6.07) is 23.4. The van der Waals surface area contributed by atoms with E-state index < -0.39 is 0 Å². The quantitative estimate of drug-likeness (QED) is 0.294. The smallest absolute Gasteiger partial charge is 0.174 e. The molecule has 6 nitrogen and oxygen atoms in total. The minimum Gasteiger partial charge on any atom is -0.497 e. The highest BCUT2D eigenvalue weighted by Gasteiger charge is 2.43. The molecule has 0 aliphatic carbocycles. The van der Waals surface area contributed by atoms with E-state index in [9.17, 15) is 0 Å². The van der Waals surface area contributed by atoms with Gasteiger partial charge in [-0.2, -0.15) is 0 Å². The van der Waals surface area contributed by atoms with Crippen molar-refractivity contribution in [1.82, 2.24) is 10.3 Å². The molecule has 5 rings (SSSR count). The lowest BCUT2D eigenvalue weighted by atomic mass is 10.0. The number of thiocarbonyl (C=S) groups is 1. The van der Waals surface area contributed by atoms with Gasteiger partial charge in [-0.15, -0.1) is 0 Å². The van der Waals surface area contributed by atoms with Crippen molar-refractivity contribution in [2.24, 2.45) is 0 Å². The number of ether oxygens (including phenoxy) is 2. The summed E-state index contributed by atoms with van der Waals surface area (Å²) in [4.78, 5) is 7.74. The summed E-state index contributed by atoms with van der Waals surface area (Å²) in [6.45, 7) is 2.08. The van der Waals surface area contributed by atoms with E-state index in [1.807, 2.05) is 53.4 Å². The molecule has 1 saturated heterocycles. The van der Waals surface area contributed by atoms with Gasteiger partial charge in [-0.25, -0.2) is 0 Å². The van der Waals surface area contributed by atoms with Gasteiger partial charge in [0.05, 0.1) is 31.6 Å². The van der Waals surface area contributed by atoms with Crippen molar-refractivity contribution in [1.29, 1.82) is 0 Å². The maximum absolute atomic E-state index is 6.41. The van der Waals surface area contributed by atoms with Gasteiger partial charge in [0.1, 0.15) is 23.3 Å². The molecule has 1 aliphatic rings. The van der Waals surface area contributed by atoms with Crippen molar-refractivity contribution < 1.29 is 13.9 Å². The molecule has 2 aromatic carbocycles. The Morgan fingerprint density at radius 1 is 1.00 bits per heavy atom. The third-order valence-electron chi connectivity index (χ3n) is 5.88. The highest BCUT2D eigenvalue weighted by atomic mass is 32.2. The zero-order valence-electron chi connectivity index (χ0n) is 19.6. The second-order valence-corrected chi connectivity index (χ2v) is 9.57. The van der Waals surface area contributed by atoms with Crippen molar-refractivity contribution >= 4 is 34.8 Å². The van der Waals surface area contributed by atoms with Crippen LogP contribution >= 0.6 is 24.0 Å². The molecule has 0 amide bonds. The third-order valence-corrected chi connectivity index (χ3v) is 7.12. The van der Waals surface area contributed by atoms with Crippen molar-refractivity contribution in [2.45, 2.75) is 29.0 Å². The first-order valence-electron chi connectivity index (χ1n) is 11.1. The lowest BCUT2D eigenvalue weighted by molar-refractivity contribution is 0.379. The molecule has 2 atom stereocenters. The van der Waals surface area contributed by atoms with Gasteiger partial charge in [0, 0.05) is 17.2 Å². The van der Waals surface area contributed by atoms with Crippen molar-refractivity contribution in [3.05, 3.63) is 96.0 Å². The van der Waals surface area contributed by atoms with Gasteiger partial charge in [0.25, 0.3) is 0 Å². The molecule has 0 unspecified atom stereocenters. The average molecular weight is 504 g/mol. The Balaban J connectivity index is 1.57. The average Bonchev–Trinajstić information content (AvgIpc) is 3.49. The van der Waals surface area contributed by atoms with Gasteiger partial charge in [0.2, 0.25) is 0 Å². The van der Waals surface area contributed by atoms with Crippen LogP contribution < -0.4 is 19.7 Å². The Morgan fingerprint density at radius 2 is 1.83 bits per heavy atom. The predicted molar refractivity (Wildman–Crippen MR) is 141 cm³/mol. The Kier molecular flexibility index (Phi) is 6.66.